The van der Waals surface area contributed by atoms with Crippen molar-refractivity contribution in [3.05, 3.63) is 15.6 Å². The lowest BCUT2D eigenvalue weighted by atomic mass is 10.1. The van der Waals surface area contributed by atoms with Crippen molar-refractivity contribution in [2.24, 2.45) is 10.7 Å². The molecule has 4 nitrogen and oxygen atoms in total. The highest BCUT2D eigenvalue weighted by Gasteiger charge is 2.11. The standard InChI is InChI=1S/C13H22N4S.HI/c1-10-11(2)18-12(16-10)6-7-15-13(14)17-8-4-3-5-9-17;/h3-9H2,1-2H3,(H2,14,15);1H. The first-order chi connectivity index (χ1) is 8.66. The van der Waals surface area contributed by atoms with E-state index in [0.29, 0.717) is 5.96 Å². The summed E-state index contributed by atoms with van der Waals surface area (Å²) >= 11 is 1.77. The van der Waals surface area contributed by atoms with Gasteiger partial charge in [0.05, 0.1) is 10.7 Å². The lowest BCUT2D eigenvalue weighted by Crippen LogP contribution is -2.41. The predicted octanol–water partition coefficient (Wildman–Crippen LogP) is 2.72. The van der Waals surface area contributed by atoms with Gasteiger partial charge in [0, 0.05) is 30.9 Å². The maximum absolute atomic E-state index is 6.01. The molecule has 0 atom stereocenters. The van der Waals surface area contributed by atoms with Crippen molar-refractivity contribution >= 4 is 41.3 Å². The molecule has 0 spiro atoms. The highest BCUT2D eigenvalue weighted by Crippen LogP contribution is 2.16. The van der Waals surface area contributed by atoms with E-state index < -0.39 is 0 Å². The average molecular weight is 394 g/mol. The zero-order chi connectivity index (χ0) is 13.0. The molecule has 1 aromatic rings. The van der Waals surface area contributed by atoms with Gasteiger partial charge in [0.25, 0.3) is 0 Å². The third-order valence-electron chi connectivity index (χ3n) is 3.35. The number of aromatic nitrogens is 1. The Kier molecular flexibility index (Phi) is 7.06. The molecule has 2 N–H and O–H groups in total. The molecule has 2 rings (SSSR count). The molecule has 1 aromatic heterocycles. The summed E-state index contributed by atoms with van der Waals surface area (Å²) in [7, 11) is 0. The number of nitrogens with two attached hydrogens (primary N) is 1. The number of piperidine rings is 1. The molecule has 19 heavy (non-hydrogen) atoms. The largest absolute Gasteiger partial charge is 0.370 e. The lowest BCUT2D eigenvalue weighted by Gasteiger charge is -2.27. The quantitative estimate of drug-likeness (QED) is 0.487. The van der Waals surface area contributed by atoms with Crippen LogP contribution >= 0.6 is 35.3 Å². The number of nitrogens with zero attached hydrogens (tertiary/aromatic N) is 3. The number of guanidine groups is 1. The van der Waals surface area contributed by atoms with Crippen LogP contribution in [-0.4, -0.2) is 35.5 Å². The zero-order valence-corrected chi connectivity index (χ0v) is 14.8. The summed E-state index contributed by atoms with van der Waals surface area (Å²) < 4.78 is 0. The second kappa shape index (κ2) is 8.04. The fraction of sp³-hybridized carbons (Fsp3) is 0.692. The number of likely N-dealkylation sites (tertiary alicyclic amines) is 1. The molecule has 2 heterocycles. The Hall–Kier alpha value is -0.370. The summed E-state index contributed by atoms with van der Waals surface area (Å²) in [6, 6.07) is 0. The van der Waals surface area contributed by atoms with E-state index in [4.69, 9.17) is 5.73 Å². The molecular weight excluding hydrogens is 371 g/mol. The molecule has 0 unspecified atom stereocenters. The summed E-state index contributed by atoms with van der Waals surface area (Å²) in [5.41, 5.74) is 7.15. The molecule has 0 amide bonds. The predicted molar refractivity (Wildman–Crippen MR) is 92.6 cm³/mol. The molecule has 0 radical (unpaired) electrons. The van der Waals surface area contributed by atoms with Crippen LogP contribution < -0.4 is 5.73 Å². The van der Waals surface area contributed by atoms with Gasteiger partial charge >= 0.3 is 0 Å². The van der Waals surface area contributed by atoms with E-state index in [-0.39, 0.29) is 24.0 Å². The van der Waals surface area contributed by atoms with E-state index in [1.807, 2.05) is 0 Å². The highest BCUT2D eigenvalue weighted by molar-refractivity contribution is 14.0. The fourth-order valence-corrected chi connectivity index (χ4v) is 3.06. The van der Waals surface area contributed by atoms with Crippen LogP contribution in [0.5, 0.6) is 0 Å². The number of hydrogen-bond donors (Lipinski definition) is 1. The van der Waals surface area contributed by atoms with Gasteiger partial charge in [-0.2, -0.15) is 0 Å². The third-order valence-corrected chi connectivity index (χ3v) is 4.48. The SMILES string of the molecule is Cc1nc(CCN=C(N)N2CCCCC2)sc1C.I. The molecule has 0 aromatic carbocycles. The van der Waals surface area contributed by atoms with Gasteiger partial charge in [-0.15, -0.1) is 35.3 Å². The number of hydrogen-bond acceptors (Lipinski definition) is 3. The van der Waals surface area contributed by atoms with E-state index >= 15 is 0 Å². The Bertz CT molecular complexity index is 405. The highest BCUT2D eigenvalue weighted by atomic mass is 127. The Morgan fingerprint density at radius 2 is 2.00 bits per heavy atom. The molecule has 1 aliphatic rings. The van der Waals surface area contributed by atoms with Crippen molar-refractivity contribution in [1.29, 1.82) is 0 Å². The molecule has 0 bridgehead atoms. The average Bonchev–Trinajstić information content (AvgIpc) is 2.69. The number of halogens is 1. The summed E-state index contributed by atoms with van der Waals surface area (Å²) in [6.07, 6.45) is 4.69. The number of thiazole rings is 1. The van der Waals surface area contributed by atoms with Gasteiger partial charge in [-0.3, -0.25) is 4.99 Å². The second-order valence-electron chi connectivity index (χ2n) is 4.79. The minimum absolute atomic E-state index is 0. The van der Waals surface area contributed by atoms with E-state index in [1.165, 1.54) is 29.1 Å². The van der Waals surface area contributed by atoms with Crippen molar-refractivity contribution in [3.8, 4) is 0 Å². The first-order valence-corrected chi connectivity index (χ1v) is 7.46. The van der Waals surface area contributed by atoms with Crippen molar-refractivity contribution in [3.63, 3.8) is 0 Å². The van der Waals surface area contributed by atoms with Gasteiger partial charge in [-0.1, -0.05) is 0 Å². The first kappa shape index (κ1) is 16.7. The van der Waals surface area contributed by atoms with Crippen LogP contribution in [0.15, 0.2) is 4.99 Å². The van der Waals surface area contributed by atoms with Gasteiger partial charge in [-0.05, 0) is 33.1 Å². The minimum atomic E-state index is 0. The van der Waals surface area contributed by atoms with E-state index in [1.54, 1.807) is 11.3 Å². The molecule has 0 saturated carbocycles. The van der Waals surface area contributed by atoms with Crippen molar-refractivity contribution < 1.29 is 0 Å². The number of rotatable bonds is 3. The summed E-state index contributed by atoms with van der Waals surface area (Å²) in [5, 5.41) is 1.17. The van der Waals surface area contributed by atoms with Gasteiger partial charge < -0.3 is 10.6 Å². The summed E-state index contributed by atoms with van der Waals surface area (Å²) in [4.78, 5) is 12.5. The van der Waals surface area contributed by atoms with Crippen molar-refractivity contribution in [2.75, 3.05) is 19.6 Å². The van der Waals surface area contributed by atoms with Crippen LogP contribution in [-0.2, 0) is 6.42 Å². The maximum atomic E-state index is 6.01. The van der Waals surface area contributed by atoms with E-state index in [9.17, 15) is 0 Å². The van der Waals surface area contributed by atoms with Crippen molar-refractivity contribution in [1.82, 2.24) is 9.88 Å². The lowest BCUT2D eigenvalue weighted by molar-refractivity contribution is 0.338. The number of aryl methyl sites for hydroxylation is 2. The maximum Gasteiger partial charge on any atom is 0.191 e. The van der Waals surface area contributed by atoms with E-state index in [0.717, 1.165) is 31.7 Å². The zero-order valence-electron chi connectivity index (χ0n) is 11.7. The minimum Gasteiger partial charge on any atom is -0.370 e. The normalized spacial score (nSPS) is 16.3. The number of aliphatic imine (C=N–C) groups is 1. The summed E-state index contributed by atoms with van der Waals surface area (Å²) in [6.45, 7) is 7.03. The molecule has 1 fully saturated rings. The topological polar surface area (TPSA) is 54.5 Å². The fourth-order valence-electron chi connectivity index (χ4n) is 2.14. The molecule has 6 heteroatoms. The van der Waals surface area contributed by atoms with Gasteiger partial charge in [-0.25, -0.2) is 4.98 Å². The molecular formula is C13H23IN4S. The smallest absolute Gasteiger partial charge is 0.191 e. The van der Waals surface area contributed by atoms with Crippen LogP contribution in [0.2, 0.25) is 0 Å². The van der Waals surface area contributed by atoms with Crippen LogP contribution in [0.25, 0.3) is 0 Å². The first-order valence-electron chi connectivity index (χ1n) is 6.64. The Labute approximate surface area is 136 Å². The third kappa shape index (κ3) is 4.91. The van der Waals surface area contributed by atoms with E-state index in [2.05, 4.69) is 28.7 Å². The summed E-state index contributed by atoms with van der Waals surface area (Å²) in [5.74, 6) is 0.708. The van der Waals surface area contributed by atoms with Crippen LogP contribution in [0.4, 0.5) is 0 Å². The van der Waals surface area contributed by atoms with Crippen LogP contribution in [0, 0.1) is 13.8 Å². The Balaban J connectivity index is 0.00000180. The van der Waals surface area contributed by atoms with Gasteiger partial charge in [0.2, 0.25) is 0 Å². The Morgan fingerprint density at radius 3 is 2.58 bits per heavy atom. The molecule has 0 aliphatic carbocycles. The monoisotopic (exact) mass is 394 g/mol. The molecule has 108 valence electrons. The molecule has 1 saturated heterocycles. The Morgan fingerprint density at radius 1 is 1.32 bits per heavy atom. The van der Waals surface area contributed by atoms with Crippen LogP contribution in [0.3, 0.4) is 0 Å². The van der Waals surface area contributed by atoms with Crippen molar-refractivity contribution in [2.45, 2.75) is 39.5 Å². The molecule has 1 aliphatic heterocycles. The van der Waals surface area contributed by atoms with Crippen LogP contribution in [0.1, 0.15) is 34.8 Å². The van der Waals surface area contributed by atoms with Gasteiger partial charge in [0.15, 0.2) is 5.96 Å². The second-order valence-corrected chi connectivity index (χ2v) is 6.07. The van der Waals surface area contributed by atoms with Gasteiger partial charge in [0.1, 0.15) is 0 Å².